The second kappa shape index (κ2) is 6.00. The van der Waals surface area contributed by atoms with Crippen LogP contribution in [0, 0.1) is 13.8 Å². The first-order valence-corrected chi connectivity index (χ1v) is 6.21. The standard InChI is InChI=1S/C15H18N4/c1-4-8-16-14-7-9-17-15(19-14)18-13-10-11(2)5-6-12(13)3/h4-7,9-10H,1,8H2,2-3H3,(H2,16,17,18,19). The summed E-state index contributed by atoms with van der Waals surface area (Å²) in [6, 6.07) is 8.08. The van der Waals surface area contributed by atoms with Crippen molar-refractivity contribution in [3.63, 3.8) is 0 Å². The monoisotopic (exact) mass is 254 g/mol. The summed E-state index contributed by atoms with van der Waals surface area (Å²) in [5.41, 5.74) is 3.40. The second-order valence-electron chi connectivity index (χ2n) is 4.38. The molecule has 0 radical (unpaired) electrons. The molecule has 2 aromatic rings. The molecule has 2 N–H and O–H groups in total. The minimum atomic E-state index is 0.586. The van der Waals surface area contributed by atoms with E-state index in [-0.39, 0.29) is 0 Å². The molecule has 0 atom stereocenters. The van der Waals surface area contributed by atoms with Crippen molar-refractivity contribution in [2.45, 2.75) is 13.8 Å². The van der Waals surface area contributed by atoms with Gasteiger partial charge >= 0.3 is 0 Å². The van der Waals surface area contributed by atoms with Crippen LogP contribution in [0.3, 0.4) is 0 Å². The second-order valence-corrected chi connectivity index (χ2v) is 4.38. The highest BCUT2D eigenvalue weighted by Crippen LogP contribution is 2.20. The number of hydrogen-bond acceptors (Lipinski definition) is 4. The minimum absolute atomic E-state index is 0.586. The van der Waals surface area contributed by atoms with E-state index in [1.807, 2.05) is 6.07 Å². The molecule has 0 aliphatic heterocycles. The Kier molecular flexibility index (Phi) is 4.13. The number of hydrogen-bond donors (Lipinski definition) is 2. The van der Waals surface area contributed by atoms with Crippen LogP contribution in [-0.4, -0.2) is 16.5 Å². The zero-order chi connectivity index (χ0) is 13.7. The van der Waals surface area contributed by atoms with E-state index < -0.39 is 0 Å². The van der Waals surface area contributed by atoms with Crippen molar-refractivity contribution >= 4 is 17.5 Å². The SMILES string of the molecule is C=CCNc1ccnc(Nc2cc(C)ccc2C)n1. The zero-order valence-corrected chi connectivity index (χ0v) is 11.3. The number of anilines is 3. The lowest BCUT2D eigenvalue weighted by Crippen LogP contribution is -2.04. The van der Waals surface area contributed by atoms with E-state index in [1.54, 1.807) is 12.3 Å². The topological polar surface area (TPSA) is 49.8 Å². The first-order chi connectivity index (χ1) is 9.19. The molecule has 19 heavy (non-hydrogen) atoms. The lowest BCUT2D eigenvalue weighted by Gasteiger charge is -2.10. The third kappa shape index (κ3) is 3.55. The Hall–Kier alpha value is -2.36. The van der Waals surface area contributed by atoms with Gasteiger partial charge in [-0.05, 0) is 37.1 Å². The van der Waals surface area contributed by atoms with E-state index in [9.17, 15) is 0 Å². The van der Waals surface area contributed by atoms with Gasteiger partial charge in [-0.15, -0.1) is 6.58 Å². The van der Waals surface area contributed by atoms with Crippen molar-refractivity contribution in [1.29, 1.82) is 0 Å². The van der Waals surface area contributed by atoms with Crippen molar-refractivity contribution in [3.05, 3.63) is 54.2 Å². The van der Waals surface area contributed by atoms with E-state index >= 15 is 0 Å². The normalized spacial score (nSPS) is 10.0. The average molecular weight is 254 g/mol. The summed E-state index contributed by atoms with van der Waals surface area (Å²) < 4.78 is 0. The smallest absolute Gasteiger partial charge is 0.229 e. The third-order valence-electron chi connectivity index (χ3n) is 2.72. The van der Waals surface area contributed by atoms with Crippen LogP contribution in [-0.2, 0) is 0 Å². The van der Waals surface area contributed by atoms with Gasteiger partial charge in [0.1, 0.15) is 5.82 Å². The molecule has 0 saturated carbocycles. The summed E-state index contributed by atoms with van der Waals surface area (Å²) in [4.78, 5) is 8.62. The Bertz CT molecular complexity index is 578. The van der Waals surface area contributed by atoms with E-state index in [4.69, 9.17) is 0 Å². The van der Waals surface area contributed by atoms with Crippen LogP contribution < -0.4 is 10.6 Å². The van der Waals surface area contributed by atoms with Crippen LogP contribution in [0.2, 0.25) is 0 Å². The maximum Gasteiger partial charge on any atom is 0.229 e. The molecule has 0 saturated heterocycles. The van der Waals surface area contributed by atoms with Gasteiger partial charge in [0, 0.05) is 18.4 Å². The third-order valence-corrected chi connectivity index (χ3v) is 2.72. The van der Waals surface area contributed by atoms with Gasteiger partial charge in [-0.2, -0.15) is 4.98 Å². The summed E-state index contributed by atoms with van der Waals surface area (Å²) in [6.45, 7) is 8.47. The van der Waals surface area contributed by atoms with Crippen LogP contribution in [0.15, 0.2) is 43.1 Å². The highest BCUT2D eigenvalue weighted by atomic mass is 15.1. The molecule has 0 aliphatic carbocycles. The number of rotatable bonds is 5. The van der Waals surface area contributed by atoms with Crippen molar-refractivity contribution in [1.82, 2.24) is 9.97 Å². The Balaban J connectivity index is 2.18. The molecule has 0 spiro atoms. The molecule has 2 rings (SSSR count). The molecule has 1 aromatic carbocycles. The van der Waals surface area contributed by atoms with Crippen LogP contribution >= 0.6 is 0 Å². The molecular formula is C15H18N4. The first kappa shape index (κ1) is 13.1. The molecule has 0 fully saturated rings. The highest BCUT2D eigenvalue weighted by Gasteiger charge is 2.02. The van der Waals surface area contributed by atoms with E-state index in [2.05, 4.69) is 59.2 Å². The summed E-state index contributed by atoms with van der Waals surface area (Å²) >= 11 is 0. The summed E-state index contributed by atoms with van der Waals surface area (Å²) in [5.74, 6) is 1.37. The molecule has 1 heterocycles. The van der Waals surface area contributed by atoms with Crippen LogP contribution in [0.5, 0.6) is 0 Å². The van der Waals surface area contributed by atoms with Crippen LogP contribution in [0.25, 0.3) is 0 Å². The van der Waals surface area contributed by atoms with Gasteiger partial charge in [0.15, 0.2) is 0 Å². The molecule has 0 unspecified atom stereocenters. The molecule has 0 amide bonds. The van der Waals surface area contributed by atoms with Crippen molar-refractivity contribution in [2.24, 2.45) is 0 Å². The Morgan fingerprint density at radius 2 is 2.11 bits per heavy atom. The van der Waals surface area contributed by atoms with E-state index in [0.29, 0.717) is 12.5 Å². The fraction of sp³-hybridized carbons (Fsp3) is 0.200. The molecule has 0 bridgehead atoms. The number of benzene rings is 1. The summed E-state index contributed by atoms with van der Waals surface area (Å²) in [7, 11) is 0. The van der Waals surface area contributed by atoms with Crippen molar-refractivity contribution in [3.8, 4) is 0 Å². The lowest BCUT2D eigenvalue weighted by molar-refractivity contribution is 1.14. The van der Waals surface area contributed by atoms with Gasteiger partial charge in [-0.25, -0.2) is 4.98 Å². The number of nitrogens with zero attached hydrogens (tertiary/aromatic N) is 2. The lowest BCUT2D eigenvalue weighted by atomic mass is 10.1. The molecular weight excluding hydrogens is 236 g/mol. The molecule has 1 aromatic heterocycles. The number of aromatic nitrogens is 2. The van der Waals surface area contributed by atoms with Gasteiger partial charge < -0.3 is 10.6 Å². The largest absolute Gasteiger partial charge is 0.366 e. The van der Waals surface area contributed by atoms with Gasteiger partial charge in [0.05, 0.1) is 0 Å². The van der Waals surface area contributed by atoms with Gasteiger partial charge in [0.25, 0.3) is 0 Å². The predicted molar refractivity (Wildman–Crippen MR) is 79.9 cm³/mol. The zero-order valence-electron chi connectivity index (χ0n) is 11.3. The van der Waals surface area contributed by atoms with Crippen molar-refractivity contribution < 1.29 is 0 Å². The Labute approximate surface area is 113 Å². The first-order valence-electron chi connectivity index (χ1n) is 6.21. The highest BCUT2D eigenvalue weighted by molar-refractivity contribution is 5.60. The number of aryl methyl sites for hydroxylation is 2. The molecule has 0 aliphatic rings. The maximum atomic E-state index is 4.40. The van der Waals surface area contributed by atoms with Crippen molar-refractivity contribution in [2.75, 3.05) is 17.2 Å². The average Bonchev–Trinajstić information content (AvgIpc) is 2.41. The summed E-state index contributed by atoms with van der Waals surface area (Å²) in [5, 5.41) is 6.38. The Morgan fingerprint density at radius 3 is 2.89 bits per heavy atom. The molecule has 4 nitrogen and oxygen atoms in total. The number of nitrogens with one attached hydrogen (secondary N) is 2. The fourth-order valence-corrected chi connectivity index (χ4v) is 1.69. The van der Waals surface area contributed by atoms with E-state index in [0.717, 1.165) is 11.5 Å². The van der Waals surface area contributed by atoms with Gasteiger partial charge in [-0.3, -0.25) is 0 Å². The van der Waals surface area contributed by atoms with Gasteiger partial charge in [-0.1, -0.05) is 18.2 Å². The predicted octanol–water partition coefficient (Wildman–Crippen LogP) is 3.43. The minimum Gasteiger partial charge on any atom is -0.366 e. The quantitative estimate of drug-likeness (QED) is 0.802. The summed E-state index contributed by atoms with van der Waals surface area (Å²) in [6.07, 6.45) is 3.52. The maximum absolute atomic E-state index is 4.40. The van der Waals surface area contributed by atoms with E-state index in [1.165, 1.54) is 11.1 Å². The molecule has 4 heteroatoms. The van der Waals surface area contributed by atoms with Gasteiger partial charge in [0.2, 0.25) is 5.95 Å². The fourth-order valence-electron chi connectivity index (χ4n) is 1.69. The Morgan fingerprint density at radius 1 is 1.26 bits per heavy atom. The van der Waals surface area contributed by atoms with Crippen LogP contribution in [0.1, 0.15) is 11.1 Å². The van der Waals surface area contributed by atoms with Crippen LogP contribution in [0.4, 0.5) is 17.5 Å². The molecule has 98 valence electrons.